The van der Waals surface area contributed by atoms with Crippen LogP contribution in [0.3, 0.4) is 0 Å². The lowest BCUT2D eigenvalue weighted by Crippen LogP contribution is -2.42. The summed E-state index contributed by atoms with van der Waals surface area (Å²) in [6.45, 7) is 11.4. The first kappa shape index (κ1) is 25.4. The third-order valence-corrected chi connectivity index (χ3v) is 8.49. The second-order valence-corrected chi connectivity index (χ2v) is 11.3. The average Bonchev–Trinajstić information content (AvgIpc) is 3.05. The van der Waals surface area contributed by atoms with E-state index in [0.717, 1.165) is 37.7 Å². The van der Waals surface area contributed by atoms with Crippen LogP contribution in [0.1, 0.15) is 79.1 Å². The molecule has 180 valence electrons. The molecule has 1 unspecified atom stereocenters. The molecule has 0 radical (unpaired) electrons. The number of allylic oxidation sites excluding steroid dienone is 3. The van der Waals surface area contributed by atoms with Gasteiger partial charge in [-0.3, -0.25) is 4.79 Å². The minimum Gasteiger partial charge on any atom is -0.393 e. The van der Waals surface area contributed by atoms with Crippen LogP contribution < -0.4 is 0 Å². The second kappa shape index (κ2) is 9.54. The van der Waals surface area contributed by atoms with Crippen molar-refractivity contribution in [3.63, 3.8) is 0 Å². The number of ketones is 1. The molecule has 7 atom stereocenters. The first-order valence-electron chi connectivity index (χ1n) is 12.2. The molecule has 0 heterocycles. The summed E-state index contributed by atoms with van der Waals surface area (Å²) in [4.78, 5) is 12.3. The summed E-state index contributed by atoms with van der Waals surface area (Å²) in [6, 6.07) is 0. The number of hydrogen-bond donors (Lipinski definition) is 4. The summed E-state index contributed by atoms with van der Waals surface area (Å²) in [5, 5.41) is 40.6. The molecule has 0 aromatic heterocycles. The molecule has 4 N–H and O–H groups in total. The van der Waals surface area contributed by atoms with Crippen molar-refractivity contribution in [1.82, 2.24) is 0 Å². The summed E-state index contributed by atoms with van der Waals surface area (Å²) in [7, 11) is 0. The molecule has 3 aliphatic carbocycles. The van der Waals surface area contributed by atoms with Crippen LogP contribution in [0.4, 0.5) is 0 Å². The van der Waals surface area contributed by atoms with Crippen molar-refractivity contribution in [2.45, 2.75) is 103 Å². The van der Waals surface area contributed by atoms with E-state index >= 15 is 0 Å². The maximum atomic E-state index is 12.3. The predicted molar refractivity (Wildman–Crippen MR) is 126 cm³/mol. The van der Waals surface area contributed by atoms with Gasteiger partial charge in [-0.1, -0.05) is 38.2 Å². The summed E-state index contributed by atoms with van der Waals surface area (Å²) in [5.74, 6) is 0.570. The lowest BCUT2D eigenvalue weighted by molar-refractivity contribution is -0.144. The summed E-state index contributed by atoms with van der Waals surface area (Å²) < 4.78 is 0. The van der Waals surface area contributed by atoms with Gasteiger partial charge in [0.15, 0.2) is 5.78 Å². The highest BCUT2D eigenvalue weighted by molar-refractivity contribution is 5.89. The first-order valence-corrected chi connectivity index (χ1v) is 12.2. The Morgan fingerprint density at radius 1 is 1.28 bits per heavy atom. The zero-order valence-corrected chi connectivity index (χ0v) is 20.2. The fourth-order valence-electron chi connectivity index (χ4n) is 6.71. The molecule has 5 nitrogen and oxygen atoms in total. The van der Waals surface area contributed by atoms with Crippen molar-refractivity contribution in [1.29, 1.82) is 0 Å². The highest BCUT2D eigenvalue weighted by Gasteiger charge is 2.51. The minimum atomic E-state index is -1.51. The van der Waals surface area contributed by atoms with Crippen LogP contribution in [0, 0.1) is 23.2 Å². The topological polar surface area (TPSA) is 98.0 Å². The van der Waals surface area contributed by atoms with E-state index in [-0.39, 0.29) is 11.3 Å². The third-order valence-electron chi connectivity index (χ3n) is 8.49. The van der Waals surface area contributed by atoms with E-state index in [9.17, 15) is 25.2 Å². The van der Waals surface area contributed by atoms with Crippen LogP contribution in [0.5, 0.6) is 0 Å². The molecule has 3 rings (SSSR count). The monoisotopic (exact) mass is 446 g/mol. The number of aliphatic hydroxyl groups is 4. The maximum Gasteiger partial charge on any atom is 0.192 e. The van der Waals surface area contributed by atoms with E-state index in [4.69, 9.17) is 0 Å². The highest BCUT2D eigenvalue weighted by atomic mass is 16.3. The zero-order chi connectivity index (χ0) is 23.8. The molecule has 0 aromatic carbocycles. The SMILES string of the molecule is C=C1/C(=C/C=C2\CCC[C@]3(C)[C@@H]([C@H](C)CC(O)C(=O)C(C)(C)O)CC[C@@H]23)C[C@@H](O)C[C@@H]1O. The number of hydrogen-bond acceptors (Lipinski definition) is 5. The van der Waals surface area contributed by atoms with Crippen molar-refractivity contribution >= 4 is 5.78 Å². The number of Topliss-reactive ketones (excluding diaryl/α,β-unsaturated/α-hetero) is 1. The van der Waals surface area contributed by atoms with Gasteiger partial charge in [-0.25, -0.2) is 0 Å². The van der Waals surface area contributed by atoms with E-state index in [1.165, 1.54) is 19.4 Å². The quantitative estimate of drug-likeness (QED) is 0.497. The number of carbonyl (C=O) groups excluding carboxylic acids is 1. The van der Waals surface area contributed by atoms with Gasteiger partial charge in [0, 0.05) is 6.42 Å². The predicted octanol–water partition coefficient (Wildman–Crippen LogP) is 3.85. The Labute approximate surface area is 192 Å². The minimum absolute atomic E-state index is 0.127. The summed E-state index contributed by atoms with van der Waals surface area (Å²) in [6.07, 6.45) is 8.69. The summed E-state index contributed by atoms with van der Waals surface area (Å²) >= 11 is 0. The Kier molecular flexibility index (Phi) is 7.56. The average molecular weight is 447 g/mol. The lowest BCUT2D eigenvalue weighted by Gasteiger charge is -2.44. The van der Waals surface area contributed by atoms with E-state index < -0.39 is 29.7 Å². The van der Waals surface area contributed by atoms with Crippen LogP contribution in [0.15, 0.2) is 35.5 Å². The number of carbonyl (C=O) groups is 1. The van der Waals surface area contributed by atoms with Crippen LogP contribution >= 0.6 is 0 Å². The van der Waals surface area contributed by atoms with Gasteiger partial charge in [0.1, 0.15) is 11.7 Å². The van der Waals surface area contributed by atoms with Crippen LogP contribution in [0.25, 0.3) is 0 Å². The molecule has 0 bridgehead atoms. The number of rotatable bonds is 6. The Morgan fingerprint density at radius 2 is 1.97 bits per heavy atom. The molecule has 0 spiro atoms. The summed E-state index contributed by atoms with van der Waals surface area (Å²) in [5.41, 5.74) is 1.69. The normalized spacial score (nSPS) is 38.1. The zero-order valence-electron chi connectivity index (χ0n) is 20.2. The van der Waals surface area contributed by atoms with Crippen LogP contribution in [-0.2, 0) is 4.79 Å². The van der Waals surface area contributed by atoms with Gasteiger partial charge in [-0.15, -0.1) is 0 Å². The number of aliphatic hydroxyl groups excluding tert-OH is 3. The van der Waals surface area contributed by atoms with Crippen molar-refractivity contribution in [3.05, 3.63) is 35.5 Å². The van der Waals surface area contributed by atoms with Gasteiger partial charge in [0.2, 0.25) is 0 Å². The second-order valence-electron chi connectivity index (χ2n) is 11.3. The molecule has 3 saturated carbocycles. The van der Waals surface area contributed by atoms with E-state index in [1.807, 2.05) is 0 Å². The van der Waals surface area contributed by atoms with Gasteiger partial charge in [-0.05, 0) is 93.1 Å². The van der Waals surface area contributed by atoms with Gasteiger partial charge in [0.25, 0.3) is 0 Å². The number of fused-ring (bicyclic) bond motifs is 1. The van der Waals surface area contributed by atoms with E-state index in [2.05, 4.69) is 32.6 Å². The smallest absolute Gasteiger partial charge is 0.192 e. The van der Waals surface area contributed by atoms with Crippen molar-refractivity contribution < 1.29 is 25.2 Å². The molecule has 0 amide bonds. The fourth-order valence-corrected chi connectivity index (χ4v) is 6.71. The Morgan fingerprint density at radius 3 is 2.62 bits per heavy atom. The Bertz CT molecular complexity index is 788. The Hall–Kier alpha value is -1.27. The van der Waals surface area contributed by atoms with Gasteiger partial charge >= 0.3 is 0 Å². The first-order chi connectivity index (χ1) is 14.8. The van der Waals surface area contributed by atoms with Gasteiger partial charge in [-0.2, -0.15) is 0 Å². The molecule has 5 heteroatoms. The van der Waals surface area contributed by atoms with Crippen molar-refractivity contribution in [2.24, 2.45) is 23.2 Å². The standard InChI is InChI=1S/C27H42O5/c1-16(13-24(30)25(31)26(3,4)32)21-10-11-22-18(7-6-12-27(21,22)5)8-9-19-14-20(28)15-23(29)17(19)2/h8-9,16,20-24,28-30,32H,2,6-7,10-15H2,1,3-5H3/b18-8+,19-9+/t16-,20-,21-,22+,23+,24?,27-/m1/s1. The molecule has 0 aliphatic heterocycles. The van der Waals surface area contributed by atoms with E-state index in [1.54, 1.807) is 0 Å². The lowest BCUT2D eigenvalue weighted by atomic mass is 9.60. The molecule has 32 heavy (non-hydrogen) atoms. The molecule has 3 aliphatic rings. The molecule has 0 aromatic rings. The maximum absolute atomic E-state index is 12.3. The van der Waals surface area contributed by atoms with Crippen molar-refractivity contribution in [3.8, 4) is 0 Å². The van der Waals surface area contributed by atoms with Crippen LogP contribution in [0.2, 0.25) is 0 Å². The third kappa shape index (κ3) is 5.11. The molecule has 0 saturated heterocycles. The fraction of sp³-hybridized carbons (Fsp3) is 0.741. The van der Waals surface area contributed by atoms with Crippen molar-refractivity contribution in [2.75, 3.05) is 0 Å². The Balaban J connectivity index is 1.75. The highest BCUT2D eigenvalue weighted by Crippen LogP contribution is 2.59. The largest absolute Gasteiger partial charge is 0.393 e. The van der Waals surface area contributed by atoms with Gasteiger partial charge in [0.05, 0.1) is 12.2 Å². The van der Waals surface area contributed by atoms with Gasteiger partial charge < -0.3 is 20.4 Å². The molecular formula is C27H42O5. The molecule has 3 fully saturated rings. The van der Waals surface area contributed by atoms with E-state index in [0.29, 0.717) is 36.7 Å². The molecular weight excluding hydrogens is 404 g/mol. The van der Waals surface area contributed by atoms with Crippen LogP contribution in [-0.4, -0.2) is 50.1 Å².